The van der Waals surface area contributed by atoms with Crippen LogP contribution in [0.5, 0.6) is 17.2 Å². The number of benzene rings is 2. The quantitative estimate of drug-likeness (QED) is 0.723. The molecule has 1 heterocycles. The summed E-state index contributed by atoms with van der Waals surface area (Å²) in [5.41, 5.74) is 1.93. The van der Waals surface area contributed by atoms with Gasteiger partial charge in [0.2, 0.25) is 0 Å². The van der Waals surface area contributed by atoms with Crippen molar-refractivity contribution in [2.24, 2.45) is 5.92 Å². The second-order valence-electron chi connectivity index (χ2n) is 7.05. The number of aliphatic carboxylic acids is 1. The van der Waals surface area contributed by atoms with E-state index in [1.165, 1.54) is 0 Å². The average Bonchev–Trinajstić information content (AvgIpc) is 2.74. The molecule has 1 aliphatic heterocycles. The molecule has 2 aromatic rings. The number of rotatable bonds is 7. The number of ether oxygens (including phenoxy) is 3. The molecule has 2 aromatic carbocycles. The van der Waals surface area contributed by atoms with Gasteiger partial charge in [-0.25, -0.2) is 0 Å². The van der Waals surface area contributed by atoms with Crippen molar-refractivity contribution in [2.45, 2.75) is 18.9 Å². The third-order valence-corrected chi connectivity index (χ3v) is 5.69. The molecule has 7 heteroatoms. The number of halogens is 1. The standard InChI is InChI=1S/C22H26ClNO5/c1-27-18-7-5-16(23)13-17(18)21(24-10-8-14(9-11-24)22(25)26)15-4-6-19(28-2)20(12-15)29-3/h4-7,12-14,21H,8-11H2,1-3H3,(H,25,26). The van der Waals surface area contributed by atoms with Gasteiger partial charge < -0.3 is 19.3 Å². The van der Waals surface area contributed by atoms with E-state index in [1.54, 1.807) is 27.4 Å². The van der Waals surface area contributed by atoms with E-state index in [9.17, 15) is 9.90 Å². The minimum atomic E-state index is -0.729. The fraction of sp³-hybridized carbons (Fsp3) is 0.409. The first-order valence-corrected chi connectivity index (χ1v) is 9.88. The number of hydrogen-bond donors (Lipinski definition) is 1. The SMILES string of the molecule is COc1ccc(C(c2cc(Cl)ccc2OC)N2CCC(C(=O)O)CC2)cc1OC. The van der Waals surface area contributed by atoms with Crippen molar-refractivity contribution < 1.29 is 24.1 Å². The molecule has 1 N–H and O–H groups in total. The van der Waals surface area contributed by atoms with Crippen LogP contribution in [0.2, 0.25) is 5.02 Å². The lowest BCUT2D eigenvalue weighted by atomic mass is 9.90. The summed E-state index contributed by atoms with van der Waals surface area (Å²) in [6, 6.07) is 11.2. The number of carbonyl (C=O) groups is 1. The summed E-state index contributed by atoms with van der Waals surface area (Å²) >= 11 is 6.32. The summed E-state index contributed by atoms with van der Waals surface area (Å²) in [4.78, 5) is 13.7. The number of hydrogen-bond acceptors (Lipinski definition) is 5. The first-order valence-electron chi connectivity index (χ1n) is 9.50. The van der Waals surface area contributed by atoms with Gasteiger partial charge in [-0.05, 0) is 61.8 Å². The van der Waals surface area contributed by atoms with E-state index in [4.69, 9.17) is 25.8 Å². The molecule has 1 atom stereocenters. The molecule has 0 spiro atoms. The highest BCUT2D eigenvalue weighted by Gasteiger charge is 2.32. The fourth-order valence-electron chi connectivity index (χ4n) is 3.93. The molecule has 1 aliphatic rings. The Balaban J connectivity index is 2.06. The maximum Gasteiger partial charge on any atom is 0.306 e. The zero-order chi connectivity index (χ0) is 21.0. The lowest BCUT2D eigenvalue weighted by Crippen LogP contribution is -2.39. The lowest BCUT2D eigenvalue weighted by Gasteiger charge is -2.37. The van der Waals surface area contributed by atoms with Crippen LogP contribution in [0.1, 0.15) is 30.0 Å². The maximum absolute atomic E-state index is 11.4. The van der Waals surface area contributed by atoms with Crippen LogP contribution < -0.4 is 14.2 Å². The van der Waals surface area contributed by atoms with E-state index >= 15 is 0 Å². The summed E-state index contributed by atoms with van der Waals surface area (Å²) in [5, 5.41) is 9.97. The molecule has 156 valence electrons. The van der Waals surface area contributed by atoms with Crippen molar-refractivity contribution in [1.82, 2.24) is 4.90 Å². The molecule has 1 fully saturated rings. The monoisotopic (exact) mass is 419 g/mol. The van der Waals surface area contributed by atoms with Crippen molar-refractivity contribution in [3.05, 3.63) is 52.5 Å². The molecular formula is C22H26ClNO5. The summed E-state index contributed by atoms with van der Waals surface area (Å²) in [6.07, 6.45) is 1.20. The van der Waals surface area contributed by atoms with Crippen LogP contribution in [0.3, 0.4) is 0 Å². The predicted octanol–water partition coefficient (Wildman–Crippen LogP) is 4.25. The van der Waals surface area contributed by atoms with Crippen LogP contribution in [0, 0.1) is 5.92 Å². The van der Waals surface area contributed by atoms with E-state index < -0.39 is 5.97 Å². The van der Waals surface area contributed by atoms with Gasteiger partial charge in [0.15, 0.2) is 11.5 Å². The number of carboxylic acid groups (broad SMARTS) is 1. The largest absolute Gasteiger partial charge is 0.496 e. The van der Waals surface area contributed by atoms with Crippen LogP contribution in [0.25, 0.3) is 0 Å². The number of methoxy groups -OCH3 is 3. The van der Waals surface area contributed by atoms with Gasteiger partial charge in [-0.15, -0.1) is 0 Å². The maximum atomic E-state index is 11.4. The van der Waals surface area contributed by atoms with Gasteiger partial charge >= 0.3 is 5.97 Å². The van der Waals surface area contributed by atoms with Gasteiger partial charge in [0.05, 0.1) is 33.3 Å². The normalized spacial score (nSPS) is 16.3. The van der Waals surface area contributed by atoms with Gasteiger partial charge in [0, 0.05) is 10.6 Å². The Morgan fingerprint density at radius 2 is 1.62 bits per heavy atom. The van der Waals surface area contributed by atoms with E-state index in [1.807, 2.05) is 30.3 Å². The number of piperidine rings is 1. The summed E-state index contributed by atoms with van der Waals surface area (Å²) in [5.74, 6) is 0.981. The third-order valence-electron chi connectivity index (χ3n) is 5.45. The zero-order valence-electron chi connectivity index (χ0n) is 16.9. The Hall–Kier alpha value is -2.44. The highest BCUT2D eigenvalue weighted by atomic mass is 35.5. The Bertz CT molecular complexity index is 864. The number of carboxylic acids is 1. The molecule has 0 radical (unpaired) electrons. The average molecular weight is 420 g/mol. The number of likely N-dealkylation sites (tertiary alicyclic amines) is 1. The smallest absolute Gasteiger partial charge is 0.306 e. The van der Waals surface area contributed by atoms with Crippen LogP contribution in [0.15, 0.2) is 36.4 Å². The molecule has 0 amide bonds. The molecule has 3 rings (SSSR count). The Kier molecular flexibility index (Phi) is 6.87. The second kappa shape index (κ2) is 9.37. The van der Waals surface area contributed by atoms with E-state index in [-0.39, 0.29) is 12.0 Å². The van der Waals surface area contributed by atoms with Crippen molar-refractivity contribution in [3.63, 3.8) is 0 Å². The molecule has 0 bridgehead atoms. The van der Waals surface area contributed by atoms with Crippen molar-refractivity contribution in [2.75, 3.05) is 34.4 Å². The van der Waals surface area contributed by atoms with Gasteiger partial charge in [-0.1, -0.05) is 17.7 Å². The molecule has 6 nitrogen and oxygen atoms in total. The highest BCUT2D eigenvalue weighted by molar-refractivity contribution is 6.30. The molecule has 0 saturated carbocycles. The Morgan fingerprint density at radius 3 is 2.21 bits per heavy atom. The molecule has 1 saturated heterocycles. The number of nitrogens with zero attached hydrogens (tertiary/aromatic N) is 1. The molecule has 1 unspecified atom stereocenters. The van der Waals surface area contributed by atoms with Gasteiger partial charge in [0.25, 0.3) is 0 Å². The third kappa shape index (κ3) is 4.60. The molecular weight excluding hydrogens is 394 g/mol. The van der Waals surface area contributed by atoms with Crippen LogP contribution in [0.4, 0.5) is 0 Å². The minimum absolute atomic E-state index is 0.154. The van der Waals surface area contributed by atoms with Crippen molar-refractivity contribution in [3.8, 4) is 17.2 Å². The second-order valence-corrected chi connectivity index (χ2v) is 7.49. The van der Waals surface area contributed by atoms with E-state index in [0.29, 0.717) is 42.5 Å². The first kappa shape index (κ1) is 21.3. The molecule has 29 heavy (non-hydrogen) atoms. The minimum Gasteiger partial charge on any atom is -0.496 e. The molecule has 0 aromatic heterocycles. The summed E-state index contributed by atoms with van der Waals surface area (Å²) in [7, 11) is 4.84. The topological polar surface area (TPSA) is 68.2 Å². The first-order chi connectivity index (χ1) is 14.0. The Morgan fingerprint density at radius 1 is 1.00 bits per heavy atom. The Labute approximate surface area is 175 Å². The fourth-order valence-corrected chi connectivity index (χ4v) is 4.11. The van der Waals surface area contributed by atoms with Crippen molar-refractivity contribution >= 4 is 17.6 Å². The summed E-state index contributed by atoms with van der Waals surface area (Å²) in [6.45, 7) is 1.32. The van der Waals surface area contributed by atoms with Gasteiger partial charge in [-0.3, -0.25) is 9.69 Å². The van der Waals surface area contributed by atoms with Crippen LogP contribution in [-0.2, 0) is 4.79 Å². The van der Waals surface area contributed by atoms with Crippen LogP contribution in [-0.4, -0.2) is 50.4 Å². The predicted molar refractivity (Wildman–Crippen MR) is 111 cm³/mol. The zero-order valence-corrected chi connectivity index (χ0v) is 17.6. The van der Waals surface area contributed by atoms with E-state index in [0.717, 1.165) is 16.9 Å². The van der Waals surface area contributed by atoms with Crippen molar-refractivity contribution in [1.29, 1.82) is 0 Å². The summed E-state index contributed by atoms with van der Waals surface area (Å²) < 4.78 is 16.5. The molecule has 0 aliphatic carbocycles. The van der Waals surface area contributed by atoms with Crippen LogP contribution >= 0.6 is 11.6 Å². The van der Waals surface area contributed by atoms with Gasteiger partial charge in [0.1, 0.15) is 5.75 Å². The lowest BCUT2D eigenvalue weighted by molar-refractivity contribution is -0.143. The van der Waals surface area contributed by atoms with Gasteiger partial charge in [-0.2, -0.15) is 0 Å². The van der Waals surface area contributed by atoms with E-state index in [2.05, 4.69) is 4.90 Å². The highest BCUT2D eigenvalue weighted by Crippen LogP contribution is 2.41.